The Morgan fingerprint density at radius 2 is 2.29 bits per heavy atom. The van der Waals surface area contributed by atoms with E-state index in [1.807, 2.05) is 19.3 Å². The molecule has 0 aliphatic rings. The van der Waals surface area contributed by atoms with E-state index < -0.39 is 0 Å². The molecule has 0 aliphatic heterocycles. The predicted octanol–water partition coefficient (Wildman–Crippen LogP) is 1.88. The molecular weight excluding hydrogens is 286 g/mol. The van der Waals surface area contributed by atoms with Crippen molar-refractivity contribution in [2.45, 2.75) is 6.54 Å². The smallest absolute Gasteiger partial charge is 0.266 e. The van der Waals surface area contributed by atoms with E-state index >= 15 is 0 Å². The van der Waals surface area contributed by atoms with Crippen LogP contribution in [0, 0.1) is 0 Å². The van der Waals surface area contributed by atoms with Gasteiger partial charge in [-0.05, 0) is 6.07 Å². The second kappa shape index (κ2) is 5.17. The summed E-state index contributed by atoms with van der Waals surface area (Å²) in [5.74, 6) is -0.0856. The average Bonchev–Trinajstić information content (AvgIpc) is 3.03. The zero-order chi connectivity index (χ0) is 15.0. The number of anilines is 1. The number of carbonyl (C=O) groups is 1. The van der Waals surface area contributed by atoms with Gasteiger partial charge in [0.1, 0.15) is 4.88 Å². The van der Waals surface area contributed by atoms with E-state index in [2.05, 4.69) is 10.1 Å². The number of thiophene rings is 1. The fourth-order valence-corrected chi connectivity index (χ4v) is 3.29. The van der Waals surface area contributed by atoms with Crippen molar-refractivity contribution in [2.75, 3.05) is 12.8 Å². The third-order valence-electron chi connectivity index (χ3n) is 3.25. The predicted molar refractivity (Wildman–Crippen MR) is 83.0 cm³/mol. The first-order valence-corrected chi connectivity index (χ1v) is 7.23. The van der Waals surface area contributed by atoms with Gasteiger partial charge in [0.05, 0.1) is 16.6 Å². The molecule has 1 amide bonds. The minimum absolute atomic E-state index is 0.0856. The number of aromatic nitrogens is 3. The summed E-state index contributed by atoms with van der Waals surface area (Å²) < 4.78 is 2.64. The van der Waals surface area contributed by atoms with Crippen molar-refractivity contribution >= 4 is 33.0 Å². The van der Waals surface area contributed by atoms with E-state index in [1.54, 1.807) is 35.2 Å². The Labute approximate surface area is 125 Å². The Bertz CT molecular complexity index is 807. The van der Waals surface area contributed by atoms with Gasteiger partial charge in [0.25, 0.3) is 5.91 Å². The lowest BCUT2D eigenvalue weighted by Crippen LogP contribution is -2.25. The SMILES string of the molecule is CN(Cc1cnn(C)c1)C(=O)c1sc2cnccc2c1N. The van der Waals surface area contributed by atoms with E-state index in [0.29, 0.717) is 17.1 Å². The average molecular weight is 301 g/mol. The van der Waals surface area contributed by atoms with Gasteiger partial charge in [0.2, 0.25) is 0 Å². The Balaban J connectivity index is 1.87. The number of rotatable bonds is 3. The molecule has 3 aromatic heterocycles. The molecule has 0 saturated heterocycles. The van der Waals surface area contributed by atoms with Crippen LogP contribution >= 0.6 is 11.3 Å². The number of fused-ring (bicyclic) bond motifs is 1. The van der Waals surface area contributed by atoms with Gasteiger partial charge in [-0.3, -0.25) is 14.5 Å². The van der Waals surface area contributed by atoms with Gasteiger partial charge in [-0.15, -0.1) is 11.3 Å². The maximum atomic E-state index is 12.6. The Hall–Kier alpha value is -2.41. The molecule has 3 heterocycles. The van der Waals surface area contributed by atoms with E-state index in [4.69, 9.17) is 5.73 Å². The summed E-state index contributed by atoms with van der Waals surface area (Å²) in [6, 6.07) is 1.83. The molecule has 108 valence electrons. The van der Waals surface area contributed by atoms with Crippen LogP contribution in [0.1, 0.15) is 15.2 Å². The summed E-state index contributed by atoms with van der Waals surface area (Å²) in [7, 11) is 3.61. The molecule has 0 aliphatic carbocycles. The molecule has 0 fully saturated rings. The highest BCUT2D eigenvalue weighted by Gasteiger charge is 2.20. The topological polar surface area (TPSA) is 77.0 Å². The molecule has 0 spiro atoms. The molecule has 0 bridgehead atoms. The van der Waals surface area contributed by atoms with Crippen molar-refractivity contribution in [1.82, 2.24) is 19.7 Å². The Morgan fingerprint density at radius 1 is 1.48 bits per heavy atom. The van der Waals surface area contributed by atoms with Crippen molar-refractivity contribution in [3.05, 3.63) is 41.3 Å². The second-order valence-electron chi connectivity index (χ2n) is 4.90. The van der Waals surface area contributed by atoms with Gasteiger partial charge in [0, 0.05) is 50.2 Å². The number of hydrogen-bond donors (Lipinski definition) is 1. The molecule has 0 radical (unpaired) electrons. The number of carbonyl (C=O) groups excluding carboxylic acids is 1. The third-order valence-corrected chi connectivity index (χ3v) is 4.39. The Kier molecular flexibility index (Phi) is 3.34. The van der Waals surface area contributed by atoms with Gasteiger partial charge in [0.15, 0.2) is 0 Å². The number of nitrogens with zero attached hydrogens (tertiary/aromatic N) is 4. The van der Waals surface area contributed by atoms with Gasteiger partial charge >= 0.3 is 0 Å². The van der Waals surface area contributed by atoms with Gasteiger partial charge in [-0.2, -0.15) is 5.10 Å². The summed E-state index contributed by atoms with van der Waals surface area (Å²) >= 11 is 1.38. The monoisotopic (exact) mass is 301 g/mol. The van der Waals surface area contributed by atoms with Crippen molar-refractivity contribution in [3.8, 4) is 0 Å². The maximum Gasteiger partial charge on any atom is 0.266 e. The van der Waals surface area contributed by atoms with Crippen molar-refractivity contribution in [3.63, 3.8) is 0 Å². The molecule has 0 atom stereocenters. The number of aryl methyl sites for hydroxylation is 1. The first kappa shape index (κ1) is 13.6. The molecular formula is C14H15N5OS. The maximum absolute atomic E-state index is 12.6. The zero-order valence-electron chi connectivity index (χ0n) is 11.8. The third kappa shape index (κ3) is 2.47. The van der Waals surface area contributed by atoms with Crippen LogP contribution in [0.4, 0.5) is 5.69 Å². The van der Waals surface area contributed by atoms with E-state index in [0.717, 1.165) is 15.6 Å². The molecule has 3 aromatic rings. The molecule has 0 saturated carbocycles. The number of pyridine rings is 1. The highest BCUT2D eigenvalue weighted by atomic mass is 32.1. The molecule has 0 aromatic carbocycles. The van der Waals surface area contributed by atoms with Crippen LogP contribution < -0.4 is 5.73 Å². The lowest BCUT2D eigenvalue weighted by atomic mass is 10.2. The van der Waals surface area contributed by atoms with E-state index in [9.17, 15) is 4.79 Å². The van der Waals surface area contributed by atoms with Gasteiger partial charge in [-0.25, -0.2) is 0 Å². The van der Waals surface area contributed by atoms with Crippen LogP contribution in [-0.2, 0) is 13.6 Å². The summed E-state index contributed by atoms with van der Waals surface area (Å²) in [6.07, 6.45) is 7.05. The fourth-order valence-electron chi connectivity index (χ4n) is 2.20. The number of hydrogen-bond acceptors (Lipinski definition) is 5. The Morgan fingerprint density at radius 3 is 2.95 bits per heavy atom. The lowest BCUT2D eigenvalue weighted by Gasteiger charge is -2.15. The second-order valence-corrected chi connectivity index (χ2v) is 5.95. The van der Waals surface area contributed by atoms with Crippen LogP contribution in [0.25, 0.3) is 10.1 Å². The highest BCUT2D eigenvalue weighted by molar-refractivity contribution is 7.21. The van der Waals surface area contributed by atoms with Crippen LogP contribution in [0.2, 0.25) is 0 Å². The molecule has 3 rings (SSSR count). The molecule has 0 unspecified atom stereocenters. The number of amides is 1. The van der Waals surface area contributed by atoms with Crippen molar-refractivity contribution in [1.29, 1.82) is 0 Å². The lowest BCUT2D eigenvalue weighted by molar-refractivity contribution is 0.0791. The van der Waals surface area contributed by atoms with Crippen LogP contribution in [0.5, 0.6) is 0 Å². The summed E-state index contributed by atoms with van der Waals surface area (Å²) in [4.78, 5) is 18.8. The minimum atomic E-state index is -0.0856. The number of nitrogen functional groups attached to an aromatic ring is 1. The van der Waals surface area contributed by atoms with Gasteiger partial charge in [-0.1, -0.05) is 0 Å². The zero-order valence-corrected chi connectivity index (χ0v) is 12.6. The quantitative estimate of drug-likeness (QED) is 0.801. The van der Waals surface area contributed by atoms with Gasteiger partial charge < -0.3 is 10.6 Å². The van der Waals surface area contributed by atoms with Crippen molar-refractivity contribution < 1.29 is 4.79 Å². The highest BCUT2D eigenvalue weighted by Crippen LogP contribution is 2.33. The molecule has 6 nitrogen and oxygen atoms in total. The summed E-state index contributed by atoms with van der Waals surface area (Å²) in [5.41, 5.74) is 7.60. The first-order valence-electron chi connectivity index (χ1n) is 6.41. The molecule has 21 heavy (non-hydrogen) atoms. The van der Waals surface area contributed by atoms with Crippen LogP contribution in [0.15, 0.2) is 30.9 Å². The van der Waals surface area contributed by atoms with E-state index in [-0.39, 0.29) is 5.91 Å². The molecule has 7 heteroatoms. The van der Waals surface area contributed by atoms with E-state index in [1.165, 1.54) is 11.3 Å². The fraction of sp³-hybridized carbons (Fsp3) is 0.214. The number of nitrogens with two attached hydrogens (primary N) is 1. The van der Waals surface area contributed by atoms with Crippen LogP contribution in [-0.4, -0.2) is 32.6 Å². The van der Waals surface area contributed by atoms with Crippen molar-refractivity contribution in [2.24, 2.45) is 7.05 Å². The molecule has 2 N–H and O–H groups in total. The summed E-state index contributed by atoms with van der Waals surface area (Å²) in [5, 5.41) is 4.98. The standard InChI is InChI=1S/C14H15N5OS/c1-18(7-9-5-17-19(2)8-9)14(20)13-12(15)10-3-4-16-6-11(10)21-13/h3-6,8H,7,15H2,1-2H3. The largest absolute Gasteiger partial charge is 0.397 e. The normalized spacial score (nSPS) is 11.0. The minimum Gasteiger partial charge on any atom is -0.397 e. The summed E-state index contributed by atoms with van der Waals surface area (Å²) in [6.45, 7) is 0.499. The first-order chi connectivity index (χ1) is 10.1. The van der Waals surface area contributed by atoms with Crippen LogP contribution in [0.3, 0.4) is 0 Å².